The molecule has 24 heavy (non-hydrogen) atoms. The van der Waals surface area contributed by atoms with Gasteiger partial charge in [-0.3, -0.25) is 19.7 Å². The largest absolute Gasteiger partial charge is 0.356 e. The number of nitrogens with zero attached hydrogens (tertiary/aromatic N) is 4. The van der Waals surface area contributed by atoms with E-state index >= 15 is 0 Å². The summed E-state index contributed by atoms with van der Waals surface area (Å²) in [5.41, 5.74) is 1.07. The van der Waals surface area contributed by atoms with Gasteiger partial charge in [-0.25, -0.2) is 0 Å². The zero-order valence-corrected chi connectivity index (χ0v) is 14.7. The maximum absolute atomic E-state index is 11.3. The number of aliphatic imine (C=N–C) groups is 1. The Labute approximate surface area is 144 Å². The molecule has 2 heterocycles. The third-order valence-electron chi connectivity index (χ3n) is 4.16. The summed E-state index contributed by atoms with van der Waals surface area (Å²) in [6, 6.07) is 5.95. The van der Waals surface area contributed by atoms with Gasteiger partial charge in [0.25, 0.3) is 0 Å². The summed E-state index contributed by atoms with van der Waals surface area (Å²) in [6.07, 6.45) is 2.68. The molecule has 1 aromatic rings. The lowest BCUT2D eigenvalue weighted by atomic mass is 10.3. The van der Waals surface area contributed by atoms with E-state index in [9.17, 15) is 4.79 Å². The number of nitrogens with one attached hydrogen (secondary N) is 2. The van der Waals surface area contributed by atoms with E-state index in [2.05, 4.69) is 25.5 Å². The highest BCUT2D eigenvalue weighted by molar-refractivity contribution is 5.79. The van der Waals surface area contributed by atoms with Gasteiger partial charge in [0.15, 0.2) is 5.96 Å². The van der Waals surface area contributed by atoms with E-state index in [1.165, 1.54) is 0 Å². The molecular formula is C17H28N6O. The average molecular weight is 332 g/mol. The SMILES string of the molecule is CN=C(NCCc1ccccn1)NCCN1CCN(C(C)=O)CC1. The highest BCUT2D eigenvalue weighted by Crippen LogP contribution is 2.00. The van der Waals surface area contributed by atoms with Crippen LogP contribution >= 0.6 is 0 Å². The van der Waals surface area contributed by atoms with E-state index in [0.29, 0.717) is 0 Å². The first-order valence-corrected chi connectivity index (χ1v) is 8.51. The topological polar surface area (TPSA) is 72.9 Å². The van der Waals surface area contributed by atoms with E-state index in [1.54, 1.807) is 14.0 Å². The van der Waals surface area contributed by atoms with Crippen LogP contribution in [-0.2, 0) is 11.2 Å². The minimum Gasteiger partial charge on any atom is -0.356 e. The molecule has 0 atom stereocenters. The molecule has 2 N–H and O–H groups in total. The van der Waals surface area contributed by atoms with Crippen molar-refractivity contribution in [3.63, 3.8) is 0 Å². The Morgan fingerprint density at radius 3 is 2.58 bits per heavy atom. The highest BCUT2D eigenvalue weighted by atomic mass is 16.2. The Morgan fingerprint density at radius 2 is 1.96 bits per heavy atom. The Kier molecular flexibility index (Phi) is 7.48. The smallest absolute Gasteiger partial charge is 0.219 e. The molecule has 1 aliphatic heterocycles. The van der Waals surface area contributed by atoms with Crippen LogP contribution in [0.5, 0.6) is 0 Å². The normalized spacial score (nSPS) is 16.1. The summed E-state index contributed by atoms with van der Waals surface area (Å²) in [6.45, 7) is 7.75. The van der Waals surface area contributed by atoms with Gasteiger partial charge in [0.1, 0.15) is 0 Å². The van der Waals surface area contributed by atoms with E-state index in [4.69, 9.17) is 0 Å². The van der Waals surface area contributed by atoms with Gasteiger partial charge < -0.3 is 15.5 Å². The molecule has 2 rings (SSSR count). The van der Waals surface area contributed by atoms with E-state index in [1.807, 2.05) is 29.3 Å². The second-order valence-corrected chi connectivity index (χ2v) is 5.84. The third kappa shape index (κ3) is 6.16. The molecule has 7 nitrogen and oxygen atoms in total. The Balaban J connectivity index is 1.59. The lowest BCUT2D eigenvalue weighted by Gasteiger charge is -2.34. The van der Waals surface area contributed by atoms with Crippen molar-refractivity contribution in [3.8, 4) is 0 Å². The molecule has 132 valence electrons. The van der Waals surface area contributed by atoms with E-state index < -0.39 is 0 Å². The third-order valence-corrected chi connectivity index (χ3v) is 4.16. The second kappa shape index (κ2) is 9.87. The highest BCUT2D eigenvalue weighted by Gasteiger charge is 2.17. The zero-order chi connectivity index (χ0) is 17.2. The van der Waals surface area contributed by atoms with E-state index in [0.717, 1.165) is 63.9 Å². The number of piperazine rings is 1. The van der Waals surface area contributed by atoms with Crippen LogP contribution in [0.15, 0.2) is 29.4 Å². The number of pyridine rings is 1. The van der Waals surface area contributed by atoms with Crippen LogP contribution in [0.3, 0.4) is 0 Å². The fourth-order valence-electron chi connectivity index (χ4n) is 2.69. The molecule has 0 radical (unpaired) electrons. The monoisotopic (exact) mass is 332 g/mol. The average Bonchev–Trinajstić information content (AvgIpc) is 2.61. The molecule has 1 saturated heterocycles. The first kappa shape index (κ1) is 18.2. The summed E-state index contributed by atoms with van der Waals surface area (Å²) in [7, 11) is 1.78. The number of hydrogen-bond donors (Lipinski definition) is 2. The van der Waals surface area contributed by atoms with Gasteiger partial charge in [0.2, 0.25) is 5.91 Å². The fourth-order valence-corrected chi connectivity index (χ4v) is 2.69. The van der Waals surface area contributed by atoms with Gasteiger partial charge in [0.05, 0.1) is 0 Å². The first-order valence-electron chi connectivity index (χ1n) is 8.51. The molecule has 1 aromatic heterocycles. The summed E-state index contributed by atoms with van der Waals surface area (Å²) in [4.78, 5) is 24.1. The predicted octanol–water partition coefficient (Wildman–Crippen LogP) is -0.0468. The quantitative estimate of drug-likeness (QED) is 0.565. The van der Waals surface area contributed by atoms with Crippen molar-refractivity contribution in [2.24, 2.45) is 4.99 Å². The maximum Gasteiger partial charge on any atom is 0.219 e. The molecule has 1 aliphatic rings. The molecule has 0 unspecified atom stereocenters. The first-order chi connectivity index (χ1) is 11.7. The molecule has 1 amide bonds. The van der Waals surface area contributed by atoms with Crippen LogP contribution in [0, 0.1) is 0 Å². The molecule has 0 bridgehead atoms. The Hall–Kier alpha value is -2.15. The number of aromatic nitrogens is 1. The molecular weight excluding hydrogens is 304 g/mol. The summed E-state index contributed by atoms with van der Waals surface area (Å²) >= 11 is 0. The predicted molar refractivity (Wildman–Crippen MR) is 96.0 cm³/mol. The van der Waals surface area contributed by atoms with Crippen LogP contribution in [-0.4, -0.2) is 79.5 Å². The fraction of sp³-hybridized carbons (Fsp3) is 0.588. The van der Waals surface area contributed by atoms with Gasteiger partial charge in [0, 0.05) is 78.1 Å². The number of hydrogen-bond acceptors (Lipinski definition) is 4. The Bertz CT molecular complexity index is 525. The van der Waals surface area contributed by atoms with Crippen molar-refractivity contribution in [1.82, 2.24) is 25.4 Å². The van der Waals surface area contributed by atoms with Crippen molar-refractivity contribution in [2.45, 2.75) is 13.3 Å². The summed E-state index contributed by atoms with van der Waals surface area (Å²) < 4.78 is 0. The maximum atomic E-state index is 11.3. The van der Waals surface area contributed by atoms with Crippen LogP contribution in [0.4, 0.5) is 0 Å². The molecule has 0 aliphatic carbocycles. The van der Waals surface area contributed by atoms with Crippen LogP contribution in [0.1, 0.15) is 12.6 Å². The van der Waals surface area contributed by atoms with E-state index in [-0.39, 0.29) is 5.91 Å². The number of amides is 1. The van der Waals surface area contributed by atoms with Gasteiger partial charge in [-0.1, -0.05) is 6.07 Å². The summed E-state index contributed by atoms with van der Waals surface area (Å²) in [5.74, 6) is 0.985. The summed E-state index contributed by atoms with van der Waals surface area (Å²) in [5, 5.41) is 6.64. The van der Waals surface area contributed by atoms with Crippen molar-refractivity contribution in [1.29, 1.82) is 0 Å². The number of rotatable bonds is 6. The van der Waals surface area contributed by atoms with Crippen molar-refractivity contribution in [2.75, 3.05) is 52.9 Å². The number of guanidine groups is 1. The van der Waals surface area contributed by atoms with Gasteiger partial charge in [-0.05, 0) is 12.1 Å². The lowest BCUT2D eigenvalue weighted by molar-refractivity contribution is -0.130. The van der Waals surface area contributed by atoms with Crippen LogP contribution < -0.4 is 10.6 Å². The van der Waals surface area contributed by atoms with Crippen LogP contribution in [0.25, 0.3) is 0 Å². The molecule has 7 heteroatoms. The Morgan fingerprint density at radius 1 is 1.21 bits per heavy atom. The second-order valence-electron chi connectivity index (χ2n) is 5.84. The van der Waals surface area contributed by atoms with Gasteiger partial charge in [-0.15, -0.1) is 0 Å². The van der Waals surface area contributed by atoms with Crippen molar-refractivity contribution >= 4 is 11.9 Å². The molecule has 0 spiro atoms. The van der Waals surface area contributed by atoms with Gasteiger partial charge in [-0.2, -0.15) is 0 Å². The zero-order valence-electron chi connectivity index (χ0n) is 14.7. The van der Waals surface area contributed by atoms with Crippen LogP contribution in [0.2, 0.25) is 0 Å². The van der Waals surface area contributed by atoms with Crippen molar-refractivity contribution in [3.05, 3.63) is 30.1 Å². The number of carbonyl (C=O) groups excluding carboxylic acids is 1. The molecule has 1 fully saturated rings. The lowest BCUT2D eigenvalue weighted by Crippen LogP contribution is -2.50. The van der Waals surface area contributed by atoms with Gasteiger partial charge >= 0.3 is 0 Å². The number of carbonyl (C=O) groups is 1. The standard InChI is InChI=1S/C17H28N6O/c1-15(24)23-13-11-22(12-14-23)10-9-21-17(18-2)20-8-6-16-5-3-4-7-19-16/h3-5,7H,6,8-14H2,1-2H3,(H2,18,20,21). The molecule has 0 aromatic carbocycles. The van der Waals surface area contributed by atoms with Crippen molar-refractivity contribution < 1.29 is 4.79 Å². The minimum atomic E-state index is 0.172. The molecule has 0 saturated carbocycles. The minimum absolute atomic E-state index is 0.172.